The first-order valence-corrected chi connectivity index (χ1v) is 7.42. The summed E-state index contributed by atoms with van der Waals surface area (Å²) < 4.78 is 5.31. The van der Waals surface area contributed by atoms with Crippen LogP contribution in [0.15, 0.2) is 54.9 Å². The molecule has 0 amide bonds. The Morgan fingerprint density at radius 2 is 1.75 bits per heavy atom. The summed E-state index contributed by atoms with van der Waals surface area (Å²) in [7, 11) is 0. The first-order valence-electron chi connectivity index (χ1n) is 7.42. The molecule has 0 saturated heterocycles. The largest absolute Gasteiger partial charge is 0.423 e. The quantitative estimate of drug-likeness (QED) is 0.586. The summed E-state index contributed by atoms with van der Waals surface area (Å²) in [5.41, 5.74) is 3.00. The molecule has 2 aromatic heterocycles. The fourth-order valence-electron chi connectivity index (χ4n) is 2.17. The van der Waals surface area contributed by atoms with Crippen LogP contribution in [0.1, 0.15) is 21.7 Å². The lowest BCUT2D eigenvalue weighted by Crippen LogP contribution is -2.08. The van der Waals surface area contributed by atoms with Gasteiger partial charge in [0, 0.05) is 29.5 Å². The van der Waals surface area contributed by atoms with E-state index in [-0.39, 0.29) is 0 Å². The molecule has 24 heavy (non-hydrogen) atoms. The minimum absolute atomic E-state index is 0.406. The van der Waals surface area contributed by atoms with Gasteiger partial charge in [0.1, 0.15) is 5.75 Å². The van der Waals surface area contributed by atoms with E-state index in [1.807, 2.05) is 19.9 Å². The zero-order valence-corrected chi connectivity index (χ0v) is 13.4. The maximum absolute atomic E-state index is 12.0. The third-order valence-electron chi connectivity index (χ3n) is 3.20. The SMILES string of the molecule is Cc1cc(C)nc(Nc2ccc(OC(=O)c3cccnc3)cc2)n1. The van der Waals surface area contributed by atoms with E-state index in [0.717, 1.165) is 17.1 Å². The average molecular weight is 320 g/mol. The minimum Gasteiger partial charge on any atom is -0.423 e. The van der Waals surface area contributed by atoms with Gasteiger partial charge in [0.2, 0.25) is 5.95 Å². The summed E-state index contributed by atoms with van der Waals surface area (Å²) in [4.78, 5) is 24.5. The molecule has 0 fully saturated rings. The number of aryl methyl sites for hydroxylation is 2. The van der Waals surface area contributed by atoms with Crippen molar-refractivity contribution >= 4 is 17.6 Å². The molecule has 0 spiro atoms. The smallest absolute Gasteiger partial charge is 0.345 e. The number of nitrogens with one attached hydrogen (secondary N) is 1. The summed E-state index contributed by atoms with van der Waals surface area (Å²) in [5.74, 6) is 0.546. The third kappa shape index (κ3) is 3.92. The highest BCUT2D eigenvalue weighted by Crippen LogP contribution is 2.19. The van der Waals surface area contributed by atoms with Crippen LogP contribution in [0, 0.1) is 13.8 Å². The molecule has 6 heteroatoms. The van der Waals surface area contributed by atoms with Crippen molar-refractivity contribution in [3.05, 3.63) is 71.8 Å². The molecule has 3 aromatic rings. The molecule has 0 aliphatic carbocycles. The number of anilines is 2. The van der Waals surface area contributed by atoms with Crippen LogP contribution in [0.4, 0.5) is 11.6 Å². The highest BCUT2D eigenvalue weighted by Gasteiger charge is 2.08. The van der Waals surface area contributed by atoms with Crippen LogP contribution in [-0.4, -0.2) is 20.9 Å². The molecule has 2 heterocycles. The van der Waals surface area contributed by atoms with Crippen LogP contribution >= 0.6 is 0 Å². The van der Waals surface area contributed by atoms with Crippen LogP contribution in [-0.2, 0) is 0 Å². The maximum Gasteiger partial charge on any atom is 0.345 e. The molecule has 0 saturated carbocycles. The molecule has 1 N–H and O–H groups in total. The standard InChI is InChI=1S/C18H16N4O2/c1-12-10-13(2)21-18(20-12)22-15-5-7-16(8-6-15)24-17(23)14-4-3-9-19-11-14/h3-11H,1-2H3,(H,20,21,22). The van der Waals surface area contributed by atoms with E-state index in [1.165, 1.54) is 6.20 Å². The van der Waals surface area contributed by atoms with Crippen LogP contribution < -0.4 is 10.1 Å². The Hall–Kier alpha value is -3.28. The fourth-order valence-corrected chi connectivity index (χ4v) is 2.17. The van der Waals surface area contributed by atoms with Gasteiger partial charge in [0.15, 0.2) is 0 Å². The molecular weight excluding hydrogens is 304 g/mol. The molecule has 0 aliphatic rings. The van der Waals surface area contributed by atoms with E-state index in [4.69, 9.17) is 4.74 Å². The molecule has 0 radical (unpaired) electrons. The van der Waals surface area contributed by atoms with Crippen molar-refractivity contribution in [2.75, 3.05) is 5.32 Å². The monoisotopic (exact) mass is 320 g/mol. The van der Waals surface area contributed by atoms with Crippen LogP contribution in [0.2, 0.25) is 0 Å². The van der Waals surface area contributed by atoms with Crippen LogP contribution in [0.3, 0.4) is 0 Å². The zero-order chi connectivity index (χ0) is 16.9. The number of hydrogen-bond donors (Lipinski definition) is 1. The van der Waals surface area contributed by atoms with Gasteiger partial charge in [-0.2, -0.15) is 0 Å². The molecule has 0 unspecified atom stereocenters. The molecule has 0 atom stereocenters. The Morgan fingerprint density at radius 1 is 1.04 bits per heavy atom. The van der Waals surface area contributed by atoms with Crippen molar-refractivity contribution in [3.8, 4) is 5.75 Å². The van der Waals surface area contributed by atoms with Gasteiger partial charge < -0.3 is 10.1 Å². The van der Waals surface area contributed by atoms with Crippen molar-refractivity contribution in [1.82, 2.24) is 15.0 Å². The molecule has 0 aliphatic heterocycles. The summed E-state index contributed by atoms with van der Waals surface area (Å²) in [6, 6.07) is 12.3. The summed E-state index contributed by atoms with van der Waals surface area (Å²) >= 11 is 0. The van der Waals surface area contributed by atoms with Gasteiger partial charge in [-0.1, -0.05) is 0 Å². The molecule has 1 aromatic carbocycles. The predicted octanol–water partition coefficient (Wildman–Crippen LogP) is 3.45. The Bertz CT molecular complexity index is 828. The van der Waals surface area contributed by atoms with E-state index < -0.39 is 5.97 Å². The predicted molar refractivity (Wildman–Crippen MR) is 90.4 cm³/mol. The van der Waals surface area contributed by atoms with Gasteiger partial charge in [0.05, 0.1) is 5.56 Å². The second-order valence-corrected chi connectivity index (χ2v) is 5.25. The first kappa shape index (κ1) is 15.6. The van der Waals surface area contributed by atoms with Crippen LogP contribution in [0.5, 0.6) is 5.75 Å². The van der Waals surface area contributed by atoms with Crippen molar-refractivity contribution < 1.29 is 9.53 Å². The highest BCUT2D eigenvalue weighted by atomic mass is 16.5. The molecule has 6 nitrogen and oxygen atoms in total. The third-order valence-corrected chi connectivity index (χ3v) is 3.20. The number of aromatic nitrogens is 3. The topological polar surface area (TPSA) is 77.0 Å². The second kappa shape index (κ2) is 6.87. The van der Waals surface area contributed by atoms with Gasteiger partial charge in [-0.3, -0.25) is 4.98 Å². The molecule has 0 bridgehead atoms. The Morgan fingerprint density at radius 3 is 2.38 bits per heavy atom. The number of nitrogens with zero attached hydrogens (tertiary/aromatic N) is 3. The highest BCUT2D eigenvalue weighted by molar-refractivity contribution is 5.90. The lowest BCUT2D eigenvalue weighted by Gasteiger charge is -2.08. The summed E-state index contributed by atoms with van der Waals surface area (Å²) in [5, 5.41) is 3.13. The Labute approximate surface area is 139 Å². The number of hydrogen-bond acceptors (Lipinski definition) is 6. The van der Waals surface area contributed by atoms with Gasteiger partial charge in [0.25, 0.3) is 0 Å². The number of rotatable bonds is 4. The van der Waals surface area contributed by atoms with Gasteiger partial charge in [-0.25, -0.2) is 14.8 Å². The van der Waals surface area contributed by atoms with Crippen molar-refractivity contribution in [2.45, 2.75) is 13.8 Å². The molecule has 120 valence electrons. The average Bonchev–Trinajstić information content (AvgIpc) is 2.56. The van der Waals surface area contributed by atoms with E-state index in [2.05, 4.69) is 20.3 Å². The zero-order valence-electron chi connectivity index (χ0n) is 13.4. The van der Waals surface area contributed by atoms with Gasteiger partial charge >= 0.3 is 5.97 Å². The number of pyridine rings is 1. The lowest BCUT2D eigenvalue weighted by molar-refractivity contribution is 0.0734. The number of ether oxygens (including phenoxy) is 1. The Kier molecular flexibility index (Phi) is 4.47. The van der Waals surface area contributed by atoms with Gasteiger partial charge in [-0.05, 0) is 56.3 Å². The fraction of sp³-hybridized carbons (Fsp3) is 0.111. The second-order valence-electron chi connectivity index (χ2n) is 5.25. The maximum atomic E-state index is 12.0. The van der Waals surface area contributed by atoms with E-state index >= 15 is 0 Å². The van der Waals surface area contributed by atoms with E-state index in [9.17, 15) is 4.79 Å². The summed E-state index contributed by atoms with van der Waals surface area (Å²) in [6.45, 7) is 3.84. The van der Waals surface area contributed by atoms with Crippen molar-refractivity contribution in [2.24, 2.45) is 0 Å². The van der Waals surface area contributed by atoms with E-state index in [1.54, 1.807) is 42.6 Å². The molecular formula is C18H16N4O2. The number of carbonyl (C=O) groups excluding carboxylic acids is 1. The normalized spacial score (nSPS) is 10.2. The number of esters is 1. The Balaban J connectivity index is 1.68. The summed E-state index contributed by atoms with van der Waals surface area (Å²) in [6.07, 6.45) is 3.07. The van der Waals surface area contributed by atoms with Crippen molar-refractivity contribution in [1.29, 1.82) is 0 Å². The van der Waals surface area contributed by atoms with Crippen LogP contribution in [0.25, 0.3) is 0 Å². The van der Waals surface area contributed by atoms with E-state index in [0.29, 0.717) is 17.3 Å². The number of carbonyl (C=O) groups is 1. The lowest BCUT2D eigenvalue weighted by atomic mass is 10.3. The first-order chi connectivity index (χ1) is 11.6. The van der Waals surface area contributed by atoms with Gasteiger partial charge in [-0.15, -0.1) is 0 Å². The molecule has 3 rings (SSSR count). The number of benzene rings is 1. The minimum atomic E-state index is -0.443. The van der Waals surface area contributed by atoms with Crippen molar-refractivity contribution in [3.63, 3.8) is 0 Å².